The number of nitrogens with one attached hydrogen (secondary N) is 2. The molecule has 1 aliphatic heterocycles. The molecule has 0 spiro atoms. The molecule has 0 radical (unpaired) electrons. The lowest BCUT2D eigenvalue weighted by molar-refractivity contribution is 0.00520. The molecule has 1 fully saturated rings. The minimum atomic E-state index is 0.150. The molecule has 1 aliphatic rings. The van der Waals surface area contributed by atoms with Crippen LogP contribution < -0.4 is 10.6 Å². The monoisotopic (exact) mass is 454 g/mol. The van der Waals surface area contributed by atoms with Crippen LogP contribution in [0.15, 0.2) is 0 Å². The van der Waals surface area contributed by atoms with Gasteiger partial charge in [0.1, 0.15) is 0 Å². The second kappa shape index (κ2) is 18.2. The summed E-state index contributed by atoms with van der Waals surface area (Å²) in [7, 11) is 0. The second-order valence-corrected chi connectivity index (χ2v) is 10.7. The summed E-state index contributed by atoms with van der Waals surface area (Å²) in [5, 5.41) is 16.4. The average Bonchev–Trinajstić information content (AvgIpc) is 2.78. The number of aliphatic hydroxyl groups excluding tert-OH is 1. The normalized spacial score (nSPS) is 22.3. The minimum absolute atomic E-state index is 0.150. The standard InChI is InChI=1S/C27H58N4O/c1-6-10-14-25(8-3)20-30-22-27(5,29-18-17-28-16-12-13-19-32)23-31(24-30)21-26(9-4)15-11-7-2/h25-26,28-29,32H,6-24H2,1-5H3. The first-order valence-corrected chi connectivity index (χ1v) is 14.0. The summed E-state index contributed by atoms with van der Waals surface area (Å²) < 4.78 is 0. The number of unbranched alkanes of at least 4 members (excludes halogenated alkanes) is 3. The van der Waals surface area contributed by atoms with Gasteiger partial charge in [0.2, 0.25) is 0 Å². The Morgan fingerprint density at radius 1 is 0.781 bits per heavy atom. The molecule has 0 amide bonds. The summed E-state index contributed by atoms with van der Waals surface area (Å²) in [6, 6.07) is 0. The summed E-state index contributed by atoms with van der Waals surface area (Å²) in [6.07, 6.45) is 12.6. The van der Waals surface area contributed by atoms with Crippen LogP contribution in [0.25, 0.3) is 0 Å². The molecular weight excluding hydrogens is 396 g/mol. The Labute approximate surface area is 201 Å². The maximum atomic E-state index is 8.93. The zero-order valence-corrected chi connectivity index (χ0v) is 22.4. The van der Waals surface area contributed by atoms with E-state index >= 15 is 0 Å². The molecule has 2 atom stereocenters. The van der Waals surface area contributed by atoms with Gasteiger partial charge in [-0.25, -0.2) is 0 Å². The Morgan fingerprint density at radius 3 is 1.81 bits per heavy atom. The lowest BCUT2D eigenvalue weighted by Gasteiger charge is -2.48. The number of rotatable bonds is 20. The van der Waals surface area contributed by atoms with E-state index < -0.39 is 0 Å². The quantitative estimate of drug-likeness (QED) is 0.233. The van der Waals surface area contributed by atoms with Crippen molar-refractivity contribution in [3.63, 3.8) is 0 Å². The molecule has 0 aromatic heterocycles. The maximum absolute atomic E-state index is 8.93. The van der Waals surface area contributed by atoms with Crippen molar-refractivity contribution in [1.29, 1.82) is 0 Å². The van der Waals surface area contributed by atoms with Crippen molar-refractivity contribution in [2.75, 3.05) is 59.1 Å². The van der Waals surface area contributed by atoms with E-state index in [2.05, 4.69) is 55.1 Å². The van der Waals surface area contributed by atoms with Gasteiger partial charge in [0.25, 0.3) is 0 Å². The van der Waals surface area contributed by atoms with E-state index in [-0.39, 0.29) is 5.54 Å². The summed E-state index contributed by atoms with van der Waals surface area (Å²) in [6.45, 7) is 21.1. The van der Waals surface area contributed by atoms with Crippen molar-refractivity contribution in [3.8, 4) is 0 Å². The SMILES string of the molecule is CCCCC(CC)CN1CN(CC(CC)CCCC)CC(C)(NCCNCCCCO)C1. The second-order valence-electron chi connectivity index (χ2n) is 10.7. The first kappa shape index (κ1) is 29.8. The van der Waals surface area contributed by atoms with Crippen LogP contribution in [0.3, 0.4) is 0 Å². The highest BCUT2D eigenvalue weighted by molar-refractivity contribution is 4.94. The van der Waals surface area contributed by atoms with Crippen LogP contribution in [0, 0.1) is 11.8 Å². The van der Waals surface area contributed by atoms with Crippen molar-refractivity contribution in [3.05, 3.63) is 0 Å². The van der Waals surface area contributed by atoms with Crippen LogP contribution >= 0.6 is 0 Å². The molecule has 192 valence electrons. The van der Waals surface area contributed by atoms with Gasteiger partial charge in [-0.15, -0.1) is 0 Å². The van der Waals surface area contributed by atoms with E-state index in [0.29, 0.717) is 6.61 Å². The number of aliphatic hydroxyl groups is 1. The van der Waals surface area contributed by atoms with Gasteiger partial charge in [-0.3, -0.25) is 9.80 Å². The zero-order valence-electron chi connectivity index (χ0n) is 22.4. The third-order valence-electron chi connectivity index (χ3n) is 7.28. The van der Waals surface area contributed by atoms with Gasteiger partial charge < -0.3 is 15.7 Å². The molecule has 0 aliphatic carbocycles. The van der Waals surface area contributed by atoms with Crippen molar-refractivity contribution in [2.45, 2.75) is 104 Å². The molecular formula is C27H58N4O. The summed E-state index contributed by atoms with van der Waals surface area (Å²) in [5.41, 5.74) is 0.150. The van der Waals surface area contributed by atoms with E-state index in [1.807, 2.05) is 0 Å². The van der Waals surface area contributed by atoms with Gasteiger partial charge in [-0.05, 0) is 51.0 Å². The van der Waals surface area contributed by atoms with Crippen molar-refractivity contribution >= 4 is 0 Å². The molecule has 0 aromatic rings. The fourth-order valence-corrected chi connectivity index (χ4v) is 5.28. The molecule has 0 aromatic carbocycles. The fourth-order valence-electron chi connectivity index (χ4n) is 5.28. The highest BCUT2D eigenvalue weighted by atomic mass is 16.2. The predicted octanol–water partition coefficient (Wildman–Crippen LogP) is 4.70. The van der Waals surface area contributed by atoms with Gasteiger partial charge >= 0.3 is 0 Å². The van der Waals surface area contributed by atoms with Gasteiger partial charge in [0.05, 0.1) is 6.67 Å². The Hall–Kier alpha value is -0.200. The minimum Gasteiger partial charge on any atom is -0.396 e. The molecule has 0 bridgehead atoms. The smallest absolute Gasteiger partial charge is 0.0507 e. The molecule has 5 heteroatoms. The Kier molecular flexibility index (Phi) is 16.9. The highest BCUT2D eigenvalue weighted by Crippen LogP contribution is 2.23. The zero-order chi connectivity index (χ0) is 23.7. The number of nitrogens with zero attached hydrogens (tertiary/aromatic N) is 2. The first-order valence-electron chi connectivity index (χ1n) is 14.0. The summed E-state index contributed by atoms with van der Waals surface area (Å²) in [5.74, 6) is 1.66. The van der Waals surface area contributed by atoms with Crippen molar-refractivity contribution in [2.24, 2.45) is 11.8 Å². The van der Waals surface area contributed by atoms with Gasteiger partial charge in [0, 0.05) is 51.4 Å². The molecule has 1 rings (SSSR count). The van der Waals surface area contributed by atoms with Crippen molar-refractivity contribution < 1.29 is 5.11 Å². The van der Waals surface area contributed by atoms with Crippen LogP contribution in [0.4, 0.5) is 0 Å². The van der Waals surface area contributed by atoms with Crippen LogP contribution in [0.1, 0.15) is 98.8 Å². The first-order chi connectivity index (χ1) is 15.5. The third kappa shape index (κ3) is 12.9. The lowest BCUT2D eigenvalue weighted by atomic mass is 9.93. The van der Waals surface area contributed by atoms with Crippen molar-refractivity contribution in [1.82, 2.24) is 20.4 Å². The predicted molar refractivity (Wildman–Crippen MR) is 140 cm³/mol. The van der Waals surface area contributed by atoms with Gasteiger partial charge in [-0.1, -0.05) is 66.2 Å². The summed E-state index contributed by atoms with van der Waals surface area (Å²) >= 11 is 0. The van der Waals surface area contributed by atoms with Gasteiger partial charge in [-0.2, -0.15) is 0 Å². The largest absolute Gasteiger partial charge is 0.396 e. The Bertz CT molecular complexity index is 408. The molecule has 3 N–H and O–H groups in total. The third-order valence-corrected chi connectivity index (χ3v) is 7.28. The lowest BCUT2D eigenvalue weighted by Crippen LogP contribution is -2.65. The number of hydrogen-bond donors (Lipinski definition) is 3. The topological polar surface area (TPSA) is 50.8 Å². The van der Waals surface area contributed by atoms with Crippen LogP contribution in [-0.4, -0.2) is 79.5 Å². The number of hydrogen-bond acceptors (Lipinski definition) is 5. The van der Waals surface area contributed by atoms with E-state index in [1.165, 1.54) is 64.5 Å². The molecule has 5 nitrogen and oxygen atoms in total. The molecule has 1 saturated heterocycles. The van der Waals surface area contributed by atoms with Crippen LogP contribution in [0.2, 0.25) is 0 Å². The summed E-state index contributed by atoms with van der Waals surface area (Å²) in [4.78, 5) is 5.50. The molecule has 1 heterocycles. The van der Waals surface area contributed by atoms with Crippen LogP contribution in [-0.2, 0) is 0 Å². The van der Waals surface area contributed by atoms with E-state index in [1.54, 1.807) is 0 Å². The van der Waals surface area contributed by atoms with E-state index in [9.17, 15) is 0 Å². The Morgan fingerprint density at radius 2 is 1.34 bits per heavy atom. The molecule has 0 saturated carbocycles. The average molecular weight is 455 g/mol. The molecule has 2 unspecified atom stereocenters. The maximum Gasteiger partial charge on any atom is 0.0507 e. The van der Waals surface area contributed by atoms with E-state index in [0.717, 1.165) is 64.1 Å². The highest BCUT2D eigenvalue weighted by Gasteiger charge is 2.35. The Balaban J connectivity index is 2.68. The van der Waals surface area contributed by atoms with Crippen LogP contribution in [0.5, 0.6) is 0 Å². The van der Waals surface area contributed by atoms with E-state index in [4.69, 9.17) is 5.11 Å². The molecule has 32 heavy (non-hydrogen) atoms. The van der Waals surface area contributed by atoms with Gasteiger partial charge in [0.15, 0.2) is 0 Å². The fraction of sp³-hybridized carbons (Fsp3) is 1.00.